The molecule has 1 unspecified atom stereocenters. The van der Waals surface area contributed by atoms with E-state index in [9.17, 15) is 9.90 Å². The Morgan fingerprint density at radius 2 is 1.83 bits per heavy atom. The Kier molecular flexibility index (Phi) is 6.44. The van der Waals surface area contributed by atoms with Crippen molar-refractivity contribution >= 4 is 17.3 Å². The highest BCUT2D eigenvalue weighted by Gasteiger charge is 2.49. The van der Waals surface area contributed by atoms with Crippen molar-refractivity contribution in [2.75, 3.05) is 26.0 Å². The van der Waals surface area contributed by atoms with Crippen LogP contribution in [0.4, 0.5) is 10.2 Å². The molecular weight excluding hydrogens is 445 g/mol. The van der Waals surface area contributed by atoms with E-state index >= 15 is 4.39 Å². The summed E-state index contributed by atoms with van der Waals surface area (Å²) in [6, 6.07) is 6.43. The molecule has 3 atom stereocenters. The van der Waals surface area contributed by atoms with Crippen LogP contribution in [0.25, 0.3) is 16.8 Å². The molecule has 2 aliphatic heterocycles. The topological polar surface area (TPSA) is 81.6 Å². The molecule has 0 spiro atoms. The molecule has 7 nitrogen and oxygen atoms in total. The lowest BCUT2D eigenvalue weighted by atomic mass is 9.84. The second kappa shape index (κ2) is 9.07. The van der Waals surface area contributed by atoms with Crippen molar-refractivity contribution in [3.63, 3.8) is 0 Å². The van der Waals surface area contributed by atoms with Crippen molar-refractivity contribution in [2.24, 2.45) is 0 Å². The number of benzene rings is 1. The summed E-state index contributed by atoms with van der Waals surface area (Å²) in [5, 5.41) is 23.1. The first-order valence-corrected chi connectivity index (χ1v) is 11.9. The molecule has 1 aromatic heterocycles. The summed E-state index contributed by atoms with van der Waals surface area (Å²) in [6.07, 6.45) is 7.08. The fraction of sp³-hybridized carbons (Fsp3) is 0.444. The Labute approximate surface area is 206 Å². The average Bonchev–Trinajstić information content (AvgIpc) is 3.04. The van der Waals surface area contributed by atoms with Gasteiger partial charge < -0.3 is 20.2 Å². The molecule has 8 heteroatoms. The van der Waals surface area contributed by atoms with Gasteiger partial charge in [-0.1, -0.05) is 12.7 Å². The van der Waals surface area contributed by atoms with Gasteiger partial charge in [0.15, 0.2) is 5.82 Å². The predicted molar refractivity (Wildman–Crippen MR) is 137 cm³/mol. The summed E-state index contributed by atoms with van der Waals surface area (Å²) in [5.41, 5.74) is 1.24. The number of amides is 1. The molecule has 1 aromatic carbocycles. The average molecular weight is 480 g/mol. The number of rotatable bonds is 6. The number of carbonyl (C=O) groups excluding carboxylic acids is 1. The first kappa shape index (κ1) is 24.9. The van der Waals surface area contributed by atoms with Gasteiger partial charge in [0.1, 0.15) is 11.6 Å². The van der Waals surface area contributed by atoms with Crippen LogP contribution in [-0.4, -0.2) is 64.4 Å². The van der Waals surface area contributed by atoms with Gasteiger partial charge in [-0.15, -0.1) is 10.2 Å². The molecule has 2 fully saturated rings. The molecule has 3 heterocycles. The molecule has 0 saturated carbocycles. The quantitative estimate of drug-likeness (QED) is 0.479. The van der Waals surface area contributed by atoms with Gasteiger partial charge in [0.25, 0.3) is 0 Å². The van der Waals surface area contributed by atoms with Crippen LogP contribution in [0.5, 0.6) is 5.75 Å². The number of nitrogens with one attached hydrogen (secondary N) is 1. The third kappa shape index (κ3) is 4.93. The summed E-state index contributed by atoms with van der Waals surface area (Å²) in [4.78, 5) is 15.6. The second-order valence-corrected chi connectivity index (χ2v) is 10.6. The Balaban J connectivity index is 1.57. The van der Waals surface area contributed by atoms with Crippen molar-refractivity contribution < 1.29 is 14.3 Å². The number of nitrogens with zero attached hydrogens (tertiary/aromatic N) is 4. The van der Waals surface area contributed by atoms with E-state index < -0.39 is 5.82 Å². The number of aromatic hydroxyl groups is 1. The van der Waals surface area contributed by atoms with Gasteiger partial charge in [-0.25, -0.2) is 4.39 Å². The number of anilines is 1. The Hall–Kier alpha value is -3.26. The molecule has 2 bridgehead atoms. The number of fused-ring (bicyclic) bond motifs is 2. The largest absolute Gasteiger partial charge is 0.507 e. The molecule has 2 aliphatic rings. The van der Waals surface area contributed by atoms with E-state index in [0.29, 0.717) is 11.7 Å². The lowest BCUT2D eigenvalue weighted by Gasteiger charge is -2.45. The zero-order valence-corrected chi connectivity index (χ0v) is 21.1. The van der Waals surface area contributed by atoms with Gasteiger partial charge in [0, 0.05) is 55.5 Å². The molecule has 186 valence electrons. The van der Waals surface area contributed by atoms with E-state index in [1.54, 1.807) is 20.2 Å². The maximum atomic E-state index is 15.0. The minimum atomic E-state index is -0.592. The van der Waals surface area contributed by atoms with Crippen molar-refractivity contribution in [2.45, 2.75) is 56.7 Å². The van der Waals surface area contributed by atoms with Crippen LogP contribution >= 0.6 is 0 Å². The third-order valence-corrected chi connectivity index (χ3v) is 7.38. The number of hydrogen-bond acceptors (Lipinski definition) is 6. The minimum absolute atomic E-state index is 0.0864. The van der Waals surface area contributed by atoms with Crippen molar-refractivity contribution in [1.82, 2.24) is 20.4 Å². The van der Waals surface area contributed by atoms with Gasteiger partial charge in [0.05, 0.1) is 5.69 Å². The molecule has 0 aliphatic carbocycles. The van der Waals surface area contributed by atoms with Crippen LogP contribution in [0, 0.1) is 5.82 Å². The highest BCUT2D eigenvalue weighted by Crippen LogP contribution is 2.44. The van der Waals surface area contributed by atoms with E-state index in [2.05, 4.69) is 40.8 Å². The maximum absolute atomic E-state index is 15.0. The monoisotopic (exact) mass is 479 g/mol. The van der Waals surface area contributed by atoms with Crippen LogP contribution in [0.15, 0.2) is 43.0 Å². The van der Waals surface area contributed by atoms with Crippen LogP contribution in [-0.2, 0) is 4.79 Å². The van der Waals surface area contributed by atoms with Crippen molar-refractivity contribution in [1.29, 1.82) is 0 Å². The Bertz CT molecular complexity index is 1160. The normalized spacial score (nSPS) is 25.9. The number of phenols is 1. The minimum Gasteiger partial charge on any atom is -0.507 e. The molecule has 2 saturated heterocycles. The summed E-state index contributed by atoms with van der Waals surface area (Å²) in [7, 11) is 5.24. The van der Waals surface area contributed by atoms with Crippen LogP contribution in [0.3, 0.4) is 0 Å². The Morgan fingerprint density at radius 1 is 1.17 bits per heavy atom. The summed E-state index contributed by atoms with van der Waals surface area (Å²) in [6.45, 7) is 8.25. The van der Waals surface area contributed by atoms with Gasteiger partial charge in [0.2, 0.25) is 5.91 Å². The summed E-state index contributed by atoms with van der Waals surface area (Å²) >= 11 is 0. The number of hydrogen-bond donors (Lipinski definition) is 2. The number of piperidine rings is 1. The maximum Gasteiger partial charge on any atom is 0.246 e. The van der Waals surface area contributed by atoms with E-state index in [1.807, 2.05) is 13.1 Å². The van der Waals surface area contributed by atoms with Crippen LogP contribution in [0.1, 0.15) is 45.1 Å². The second-order valence-electron chi connectivity index (χ2n) is 10.6. The van der Waals surface area contributed by atoms with Gasteiger partial charge in [-0.3, -0.25) is 4.79 Å². The molecule has 0 radical (unpaired) electrons. The summed E-state index contributed by atoms with van der Waals surface area (Å²) in [5.74, 6) is -0.316. The number of carbonyl (C=O) groups is 1. The van der Waals surface area contributed by atoms with Crippen molar-refractivity contribution in [3.05, 3.63) is 54.4 Å². The van der Waals surface area contributed by atoms with Gasteiger partial charge in [-0.2, -0.15) is 0 Å². The molecular formula is C27H34FN5O2. The third-order valence-electron chi connectivity index (χ3n) is 7.38. The number of phenolic OH excluding ortho intramolecular Hbond substituents is 1. The van der Waals surface area contributed by atoms with Crippen molar-refractivity contribution in [3.8, 4) is 17.0 Å². The van der Waals surface area contributed by atoms with E-state index in [-0.39, 0.29) is 39.4 Å². The molecule has 4 rings (SSSR count). The highest BCUT2D eigenvalue weighted by atomic mass is 19.1. The van der Waals surface area contributed by atoms with E-state index in [1.165, 1.54) is 42.0 Å². The lowest BCUT2D eigenvalue weighted by Crippen LogP contribution is -2.58. The van der Waals surface area contributed by atoms with Gasteiger partial charge in [-0.05, 0) is 69.4 Å². The number of allylic oxidation sites excluding steroid dienone is 2. The van der Waals surface area contributed by atoms with E-state index in [0.717, 1.165) is 18.7 Å². The zero-order chi connectivity index (χ0) is 25.5. The predicted octanol–water partition coefficient (Wildman–Crippen LogP) is 4.15. The van der Waals surface area contributed by atoms with Crippen LogP contribution in [0.2, 0.25) is 0 Å². The fourth-order valence-corrected chi connectivity index (χ4v) is 5.44. The molecule has 2 N–H and O–H groups in total. The molecule has 1 amide bonds. The molecule has 35 heavy (non-hydrogen) atoms. The number of likely N-dealkylation sites (N-methyl/N-ethyl adjacent to an activating group) is 1. The fourth-order valence-electron chi connectivity index (χ4n) is 5.44. The molecule has 2 aromatic rings. The smallest absolute Gasteiger partial charge is 0.246 e. The highest BCUT2D eigenvalue weighted by molar-refractivity contribution is 5.97. The number of halogens is 1. The van der Waals surface area contributed by atoms with Crippen LogP contribution < -0.4 is 10.2 Å². The standard InChI is InChI=1S/C27H34FN5O2/c1-7-17(12-25(35)32(4)5)19-14-23(34)20(13-21(19)28)22-8-9-24(30-29-22)33(6)18-15-26(2)10-11-27(3,16-18)31-26/h7-9,12-14,18,31,34H,1,10-11,15-16H2,2-6H3/b17-12+/t18?,26-,27+. The Morgan fingerprint density at radius 3 is 2.37 bits per heavy atom. The van der Waals surface area contributed by atoms with E-state index in [4.69, 9.17) is 0 Å². The first-order chi connectivity index (χ1) is 16.4. The lowest BCUT2D eigenvalue weighted by molar-refractivity contribution is -0.123. The van der Waals surface area contributed by atoms with Gasteiger partial charge >= 0.3 is 0 Å². The summed E-state index contributed by atoms with van der Waals surface area (Å²) < 4.78 is 15.0. The SMILES string of the molecule is C=C/C(=C\C(=O)N(C)C)c1cc(O)c(-c2ccc(N(C)C3C[C@]4(C)CC[C@](C)(C3)N4)nn2)cc1F. The number of aromatic nitrogens is 2. The first-order valence-electron chi connectivity index (χ1n) is 11.9. The zero-order valence-electron chi connectivity index (χ0n) is 21.1.